The van der Waals surface area contributed by atoms with E-state index in [4.69, 9.17) is 4.74 Å². The van der Waals surface area contributed by atoms with E-state index in [-0.39, 0.29) is 18.0 Å². The molecule has 1 atom stereocenters. The minimum atomic E-state index is -0.506. The quantitative estimate of drug-likeness (QED) is 0.910. The third-order valence-electron chi connectivity index (χ3n) is 3.03. The zero-order valence-electron chi connectivity index (χ0n) is 12.8. The van der Waals surface area contributed by atoms with Crippen molar-refractivity contribution in [2.45, 2.75) is 52.2 Å². The molecule has 0 unspecified atom stereocenters. The van der Waals surface area contributed by atoms with Crippen molar-refractivity contribution in [2.24, 2.45) is 0 Å². The SMILES string of the molecule is CC(=O)Nc1nc([C@H]2CCCN2C(=O)OC(C)(C)C)cs1. The third-order valence-corrected chi connectivity index (χ3v) is 3.80. The van der Waals surface area contributed by atoms with Crippen LogP contribution in [0.4, 0.5) is 9.93 Å². The summed E-state index contributed by atoms with van der Waals surface area (Å²) in [7, 11) is 0. The molecule has 0 bridgehead atoms. The third kappa shape index (κ3) is 4.17. The molecule has 2 rings (SSSR count). The minimum absolute atomic E-state index is 0.0707. The van der Waals surface area contributed by atoms with Gasteiger partial charge in [0.1, 0.15) is 5.60 Å². The van der Waals surface area contributed by atoms with Crippen molar-refractivity contribution in [3.05, 3.63) is 11.1 Å². The van der Waals surface area contributed by atoms with E-state index in [1.165, 1.54) is 18.3 Å². The van der Waals surface area contributed by atoms with Gasteiger partial charge in [0.2, 0.25) is 5.91 Å². The number of thiazole rings is 1. The number of carbonyl (C=O) groups is 2. The van der Waals surface area contributed by atoms with Crippen molar-refractivity contribution < 1.29 is 14.3 Å². The average Bonchev–Trinajstić information content (AvgIpc) is 2.92. The Bertz CT molecular complexity index is 536. The highest BCUT2D eigenvalue weighted by Crippen LogP contribution is 2.34. The number of nitrogens with one attached hydrogen (secondary N) is 1. The van der Waals surface area contributed by atoms with Gasteiger partial charge in [-0.3, -0.25) is 9.69 Å². The molecule has 2 heterocycles. The smallest absolute Gasteiger partial charge is 0.410 e. The number of ether oxygens (including phenoxy) is 1. The monoisotopic (exact) mass is 311 g/mol. The number of rotatable bonds is 2. The first-order valence-electron chi connectivity index (χ1n) is 6.99. The van der Waals surface area contributed by atoms with Crippen molar-refractivity contribution in [1.29, 1.82) is 0 Å². The van der Waals surface area contributed by atoms with E-state index >= 15 is 0 Å². The molecular formula is C14H21N3O3S. The summed E-state index contributed by atoms with van der Waals surface area (Å²) in [6.45, 7) is 7.69. The van der Waals surface area contributed by atoms with Crippen molar-refractivity contribution in [3.8, 4) is 0 Å². The van der Waals surface area contributed by atoms with E-state index in [2.05, 4.69) is 10.3 Å². The van der Waals surface area contributed by atoms with Crippen molar-refractivity contribution in [2.75, 3.05) is 11.9 Å². The van der Waals surface area contributed by atoms with Gasteiger partial charge in [-0.1, -0.05) is 0 Å². The molecule has 1 fully saturated rings. The first kappa shape index (κ1) is 15.8. The second-order valence-corrected chi connectivity index (χ2v) is 6.95. The zero-order valence-corrected chi connectivity index (χ0v) is 13.6. The number of likely N-dealkylation sites (tertiary alicyclic amines) is 1. The van der Waals surface area contributed by atoms with Crippen LogP contribution in [0.1, 0.15) is 52.3 Å². The number of anilines is 1. The van der Waals surface area contributed by atoms with Crippen LogP contribution in [0.15, 0.2) is 5.38 Å². The highest BCUT2D eigenvalue weighted by molar-refractivity contribution is 7.13. The number of aromatic nitrogens is 1. The van der Waals surface area contributed by atoms with Crippen LogP contribution in [0.3, 0.4) is 0 Å². The lowest BCUT2D eigenvalue weighted by atomic mass is 10.2. The summed E-state index contributed by atoms with van der Waals surface area (Å²) < 4.78 is 5.44. The van der Waals surface area contributed by atoms with E-state index in [0.29, 0.717) is 11.7 Å². The lowest BCUT2D eigenvalue weighted by Gasteiger charge is -2.27. The molecule has 116 valence electrons. The fraction of sp³-hybridized carbons (Fsp3) is 0.643. The Hall–Kier alpha value is -1.63. The summed E-state index contributed by atoms with van der Waals surface area (Å²) >= 11 is 1.37. The highest BCUT2D eigenvalue weighted by Gasteiger charge is 2.34. The van der Waals surface area contributed by atoms with Gasteiger partial charge in [0.15, 0.2) is 5.13 Å². The Labute approximate surface area is 128 Å². The topological polar surface area (TPSA) is 71.5 Å². The Morgan fingerprint density at radius 3 is 2.81 bits per heavy atom. The van der Waals surface area contributed by atoms with Crippen LogP contribution >= 0.6 is 11.3 Å². The standard InChI is InChI=1S/C14H21N3O3S/c1-9(18)15-12-16-10(8-21-12)11-6-5-7-17(11)13(19)20-14(2,3)4/h8,11H,5-7H2,1-4H3,(H,15,16,18)/t11-/m1/s1. The second-order valence-electron chi connectivity index (χ2n) is 6.09. The van der Waals surface area contributed by atoms with Gasteiger partial charge in [0.25, 0.3) is 0 Å². The van der Waals surface area contributed by atoms with Crippen LogP contribution in [0.5, 0.6) is 0 Å². The summed E-state index contributed by atoms with van der Waals surface area (Å²) in [6.07, 6.45) is 1.48. The normalized spacial score (nSPS) is 18.7. The van der Waals surface area contributed by atoms with Crippen LogP contribution in [0, 0.1) is 0 Å². The maximum atomic E-state index is 12.2. The Morgan fingerprint density at radius 2 is 2.19 bits per heavy atom. The van der Waals surface area contributed by atoms with Gasteiger partial charge < -0.3 is 10.1 Å². The summed E-state index contributed by atoms with van der Waals surface area (Å²) in [5.41, 5.74) is 0.306. The van der Waals surface area contributed by atoms with Gasteiger partial charge in [-0.05, 0) is 33.6 Å². The van der Waals surface area contributed by atoms with Crippen LogP contribution in [-0.4, -0.2) is 34.0 Å². The molecule has 1 aromatic heterocycles. The number of nitrogens with zero attached hydrogens (tertiary/aromatic N) is 2. The number of hydrogen-bond acceptors (Lipinski definition) is 5. The predicted octanol–water partition coefficient (Wildman–Crippen LogP) is 3.17. The summed E-state index contributed by atoms with van der Waals surface area (Å²) in [4.78, 5) is 29.4. The van der Waals surface area contributed by atoms with Crippen molar-refractivity contribution in [3.63, 3.8) is 0 Å². The van der Waals surface area contributed by atoms with Gasteiger partial charge in [0.05, 0.1) is 11.7 Å². The predicted molar refractivity (Wildman–Crippen MR) is 81.3 cm³/mol. The van der Waals surface area contributed by atoms with Crippen molar-refractivity contribution in [1.82, 2.24) is 9.88 Å². The molecule has 0 saturated carbocycles. The number of amides is 2. The highest BCUT2D eigenvalue weighted by atomic mass is 32.1. The molecule has 1 aliphatic rings. The maximum Gasteiger partial charge on any atom is 0.410 e. The molecule has 7 heteroatoms. The van der Waals surface area contributed by atoms with E-state index in [9.17, 15) is 9.59 Å². The molecule has 0 aromatic carbocycles. The summed E-state index contributed by atoms with van der Waals surface area (Å²) in [5, 5.41) is 5.12. The molecule has 0 aliphatic carbocycles. The van der Waals surface area contributed by atoms with E-state index in [0.717, 1.165) is 18.5 Å². The molecule has 1 N–H and O–H groups in total. The van der Waals surface area contributed by atoms with Crippen LogP contribution in [0.2, 0.25) is 0 Å². The lowest BCUT2D eigenvalue weighted by Crippen LogP contribution is -2.36. The van der Waals surface area contributed by atoms with E-state index < -0.39 is 5.60 Å². The molecule has 1 saturated heterocycles. The van der Waals surface area contributed by atoms with Crippen LogP contribution in [0.25, 0.3) is 0 Å². The molecule has 0 radical (unpaired) electrons. The molecule has 1 aliphatic heterocycles. The van der Waals surface area contributed by atoms with Crippen molar-refractivity contribution >= 4 is 28.5 Å². The van der Waals surface area contributed by atoms with Gasteiger partial charge in [-0.25, -0.2) is 9.78 Å². The Kier molecular flexibility index (Phi) is 4.51. The Balaban J connectivity index is 2.09. The molecule has 1 aromatic rings. The first-order valence-corrected chi connectivity index (χ1v) is 7.87. The van der Waals surface area contributed by atoms with E-state index in [1.54, 1.807) is 4.90 Å². The molecular weight excluding hydrogens is 290 g/mol. The largest absolute Gasteiger partial charge is 0.444 e. The van der Waals surface area contributed by atoms with Crippen LogP contribution in [-0.2, 0) is 9.53 Å². The lowest BCUT2D eigenvalue weighted by molar-refractivity contribution is -0.114. The van der Waals surface area contributed by atoms with Gasteiger partial charge in [0, 0.05) is 18.8 Å². The van der Waals surface area contributed by atoms with Gasteiger partial charge in [-0.2, -0.15) is 0 Å². The fourth-order valence-corrected chi connectivity index (χ4v) is 3.06. The van der Waals surface area contributed by atoms with Gasteiger partial charge >= 0.3 is 6.09 Å². The number of hydrogen-bond donors (Lipinski definition) is 1. The molecule has 6 nitrogen and oxygen atoms in total. The maximum absolute atomic E-state index is 12.2. The Morgan fingerprint density at radius 1 is 1.48 bits per heavy atom. The average molecular weight is 311 g/mol. The minimum Gasteiger partial charge on any atom is -0.444 e. The summed E-state index contributed by atoms with van der Waals surface area (Å²) in [6, 6.07) is -0.0707. The zero-order chi connectivity index (χ0) is 15.6. The fourth-order valence-electron chi connectivity index (χ4n) is 2.26. The van der Waals surface area contributed by atoms with Crippen LogP contribution < -0.4 is 5.32 Å². The first-order chi connectivity index (χ1) is 9.76. The molecule has 21 heavy (non-hydrogen) atoms. The summed E-state index contributed by atoms with van der Waals surface area (Å²) in [5.74, 6) is -0.147. The van der Waals surface area contributed by atoms with Gasteiger partial charge in [-0.15, -0.1) is 11.3 Å². The van der Waals surface area contributed by atoms with E-state index in [1.807, 2.05) is 26.2 Å². The second kappa shape index (κ2) is 6.01. The molecule has 0 spiro atoms. The number of carbonyl (C=O) groups excluding carboxylic acids is 2. The molecule has 2 amide bonds.